The zero-order valence-corrected chi connectivity index (χ0v) is 83.8. The second-order valence-electron chi connectivity index (χ2n) is 34.2. The second kappa shape index (κ2) is 57.6. The Morgan fingerprint density at radius 1 is 0.326 bits per heavy atom. The van der Waals surface area contributed by atoms with Gasteiger partial charge in [-0.15, -0.1) is 0 Å². The minimum atomic E-state index is -1.38. The molecule has 0 amide bonds. The molecule has 141 heavy (non-hydrogen) atoms. The lowest BCUT2D eigenvalue weighted by Crippen LogP contribution is -2.36. The summed E-state index contributed by atoms with van der Waals surface area (Å²) >= 11 is 18.4. The smallest absolute Gasteiger partial charge is 0.526 e. The van der Waals surface area contributed by atoms with Gasteiger partial charge in [-0.25, -0.2) is 41.9 Å². The van der Waals surface area contributed by atoms with Crippen molar-refractivity contribution in [1.29, 1.82) is 0 Å². The Balaban J connectivity index is 0.000000230. The van der Waals surface area contributed by atoms with Crippen LogP contribution in [0.5, 0.6) is 46.0 Å². The number of halogens is 6. The van der Waals surface area contributed by atoms with E-state index in [1.165, 1.54) is 43.5 Å². The van der Waals surface area contributed by atoms with Gasteiger partial charge in [-0.2, -0.15) is 0 Å². The number of phenolic OH excluding ortho intramolecular Hbond substituents is 1. The van der Waals surface area contributed by atoms with Gasteiger partial charge in [0.1, 0.15) is 120 Å². The Kier molecular flexibility index (Phi) is 47.9. The van der Waals surface area contributed by atoms with E-state index in [4.69, 9.17) is 95.9 Å². The minimum Gasteiger partial charge on any atom is -0.535 e. The molecule has 6 aliphatic rings. The first-order valence-corrected chi connectivity index (χ1v) is 48.7. The van der Waals surface area contributed by atoms with Crippen LogP contribution in [0.1, 0.15) is 294 Å². The van der Waals surface area contributed by atoms with Crippen LogP contribution < -0.4 is 32.7 Å². The number of carbonyl (C=O) groups excluding carboxylic acids is 12. The lowest BCUT2D eigenvalue weighted by Gasteiger charge is -2.29. The van der Waals surface area contributed by atoms with E-state index in [1.807, 2.05) is 41.5 Å². The Morgan fingerprint density at radius 2 is 0.589 bits per heavy atom. The molecule has 0 radical (unpaired) electrons. The van der Waals surface area contributed by atoms with Crippen LogP contribution in [0.25, 0.3) is 0 Å². The lowest BCUT2D eigenvalue weighted by molar-refractivity contribution is -0.120. The minimum absolute atomic E-state index is 0.000853. The highest BCUT2D eigenvalue weighted by Crippen LogP contribution is 2.48. The number of Topliss-reactive ketones (excluding diaryl/α,β-unsaturated/α-hetero) is 6. The fraction of sp³-hybridized carbons (Fsp3) is 0.505. The van der Waals surface area contributed by atoms with Gasteiger partial charge in [-0.1, -0.05) is 76.3 Å². The van der Waals surface area contributed by atoms with Gasteiger partial charge in [0, 0.05) is 128 Å². The molecule has 6 heterocycles. The van der Waals surface area contributed by atoms with Crippen LogP contribution in [0.4, 0.5) is 13.2 Å². The van der Waals surface area contributed by atoms with Crippen molar-refractivity contribution in [3.8, 4) is 46.0 Å². The maximum absolute atomic E-state index is 14.1. The molecule has 0 bridgehead atoms. The molecule has 12 rings (SSSR count). The first kappa shape index (κ1) is 117. The zero-order valence-electron chi connectivity index (χ0n) is 81.5. The van der Waals surface area contributed by atoms with Crippen LogP contribution in [0.3, 0.4) is 0 Å². The SMILES string of the molecule is CCCC(=O)C[C@H]1Cc2c(Cl)c(Cl)cc(C(=O)OCC)c2OB1O.CCCC(=O)C[C@H]1Cc2c(F)c(F)cc(C(=O)OCC)c2OB1O.CCCC(=O)C[C@H]1Cc2cc(Cl)cc(C(=O)OCC)c2OB1O.CCCC(=O)C[C@H]1Cc2cc(F)cc(C(=O)OCC)c2OB1O.CCCC(=O)C[C@H]1Cc2cc(O)cc(C(=O)OCC)c2OB1O.CCCC(=O)C[C@H]1Cc2cc(OC)cc(C(=O)OCC)c2OB1O. The first-order chi connectivity index (χ1) is 67.1. The third-order valence-electron chi connectivity index (χ3n) is 23.1. The fourth-order valence-corrected chi connectivity index (χ4v) is 17.4. The molecule has 0 saturated heterocycles. The molecule has 44 heteroatoms. The predicted molar refractivity (Wildman–Crippen MR) is 521 cm³/mol. The third-order valence-corrected chi connectivity index (χ3v) is 24.2. The zero-order chi connectivity index (χ0) is 104. The molecule has 0 unspecified atom stereocenters. The highest BCUT2D eigenvalue weighted by molar-refractivity contribution is 6.50. The van der Waals surface area contributed by atoms with Gasteiger partial charge in [0.15, 0.2) is 11.6 Å². The molecule has 762 valence electrons. The van der Waals surface area contributed by atoms with Crippen LogP contribution in [-0.2, 0) is 95.7 Å². The summed E-state index contributed by atoms with van der Waals surface area (Å²) in [7, 11) is -5.68. The number of esters is 6. The van der Waals surface area contributed by atoms with E-state index < -0.39 is 119 Å². The van der Waals surface area contributed by atoms with Gasteiger partial charge in [-0.3, -0.25) is 28.8 Å². The van der Waals surface area contributed by atoms with Crippen LogP contribution in [0.2, 0.25) is 50.0 Å². The van der Waals surface area contributed by atoms with Crippen molar-refractivity contribution in [2.24, 2.45) is 0 Å². The van der Waals surface area contributed by atoms with Crippen molar-refractivity contribution in [1.82, 2.24) is 0 Å². The first-order valence-electron chi connectivity index (χ1n) is 47.6. The normalized spacial score (nSPS) is 16.4. The Morgan fingerprint density at radius 3 is 0.915 bits per heavy atom. The van der Waals surface area contributed by atoms with E-state index in [9.17, 15) is 106 Å². The van der Waals surface area contributed by atoms with E-state index in [0.717, 1.165) is 43.7 Å². The molecule has 7 N–H and O–H groups in total. The maximum atomic E-state index is 14.1. The van der Waals surface area contributed by atoms with Gasteiger partial charge in [0.2, 0.25) is 0 Å². The van der Waals surface area contributed by atoms with E-state index in [0.29, 0.717) is 121 Å². The predicted octanol–water partition coefficient (Wildman–Crippen LogP) is 16.5. The van der Waals surface area contributed by atoms with Gasteiger partial charge in [0.05, 0.1) is 56.8 Å². The molecule has 0 spiro atoms. The highest BCUT2D eigenvalue weighted by Gasteiger charge is 2.46. The van der Waals surface area contributed by atoms with Crippen molar-refractivity contribution in [3.05, 3.63) is 160 Å². The molecule has 32 nitrogen and oxygen atoms in total. The Bertz CT molecular complexity index is 5040. The molecule has 0 aliphatic carbocycles. The van der Waals surface area contributed by atoms with Crippen LogP contribution in [0, 0.1) is 17.5 Å². The number of benzene rings is 6. The summed E-state index contributed by atoms with van der Waals surface area (Å²) in [6.07, 6.45) is 9.89. The summed E-state index contributed by atoms with van der Waals surface area (Å²) < 4.78 is 109. The van der Waals surface area contributed by atoms with E-state index in [-0.39, 0.29) is 215 Å². The standard InChI is InChI=1S/C17H23BO6.C16H19BCl2O5.C16H20BClO5.C16H19BF2O5.C16H20BFO5.C16H21BO6/c1-4-6-13(19)9-12-7-11-8-14(22-3)10-15(17(20)23-5-2)16(11)24-18(12)21;1-3-5-10(20)6-9-7-11-14(19)13(18)8-12(16(21)23-4-2)15(11)24-17(9)22;1-3-5-13(19)8-11-6-10-7-12(18)9-14(16(20)22-4-2)15(10)23-17(11)21;1-3-5-10(20)6-9-7-11-14(19)13(18)8-12(16(21)23-4-2)15(11)24-17(9)22;1-3-5-13(19)8-11-6-10-7-12(18)9-14(16(20)22-4-2)15(10)23-17(11)21;1-3-5-12(18)8-11-6-10-7-13(19)9-14(16(20)22-4-2)15(10)23-17(11)21/h8,10,12,21H,4-7,9H2,1-3H3;8-9,22H,3-7H2,1-2H3;7,9,11,21H,3-6,8H2,1-2H3;8-9,22H,3-7H2,1-2H3;7,9,11,21H,3-6,8H2,1-2H3;7,9,11,19,21H,3-6,8H2,1-2H3/t12-;9-;11-;9-;2*11-/m101011/s1. The molecule has 6 atom stereocenters. The topological polar surface area (TPSA) is 466 Å². The number of fused-ring (bicyclic) bond motifs is 6. The Hall–Kier alpha value is -10.6. The highest BCUT2D eigenvalue weighted by atomic mass is 35.5. The van der Waals surface area contributed by atoms with Gasteiger partial charge in [-0.05, 0) is 202 Å². The van der Waals surface area contributed by atoms with Crippen molar-refractivity contribution < 1.29 is 167 Å². The van der Waals surface area contributed by atoms with Crippen LogP contribution in [0.15, 0.2) is 60.7 Å². The summed E-state index contributed by atoms with van der Waals surface area (Å²) in [5, 5.41) is 71.7. The fourth-order valence-electron chi connectivity index (χ4n) is 16.7. The molecule has 6 aliphatic heterocycles. The van der Waals surface area contributed by atoms with Gasteiger partial charge in [0.25, 0.3) is 0 Å². The van der Waals surface area contributed by atoms with Crippen molar-refractivity contribution in [2.45, 2.75) is 272 Å². The second-order valence-corrected chi connectivity index (χ2v) is 35.4. The van der Waals surface area contributed by atoms with E-state index in [2.05, 4.69) is 0 Å². The number of methoxy groups -OCH3 is 1. The number of ketones is 6. The van der Waals surface area contributed by atoms with E-state index >= 15 is 0 Å². The lowest BCUT2D eigenvalue weighted by atomic mass is 9.64. The molecule has 6 aromatic carbocycles. The van der Waals surface area contributed by atoms with Crippen LogP contribution in [-0.4, -0.2) is 195 Å². The number of hydrogen-bond acceptors (Lipinski definition) is 32. The summed E-state index contributed by atoms with van der Waals surface area (Å²) in [6.45, 7) is 22.6. The van der Waals surface area contributed by atoms with Crippen molar-refractivity contribution in [3.63, 3.8) is 0 Å². The van der Waals surface area contributed by atoms with Crippen molar-refractivity contribution >= 4 is 148 Å². The average molecular weight is 2030 g/mol. The molecule has 0 fully saturated rings. The van der Waals surface area contributed by atoms with Crippen molar-refractivity contribution in [2.75, 3.05) is 46.8 Å². The summed E-state index contributed by atoms with van der Waals surface area (Å²) in [6, 6.07) is 13.6. The Labute approximate surface area is 835 Å². The number of ether oxygens (including phenoxy) is 7. The number of carbonyl (C=O) groups is 12. The van der Waals surface area contributed by atoms with E-state index in [1.54, 1.807) is 53.7 Å². The maximum Gasteiger partial charge on any atom is 0.526 e. The number of rotatable bonds is 37. The molecule has 6 aromatic rings. The average Bonchev–Trinajstić information content (AvgIpc) is 0.778. The molecular formula is C97H122B6Cl3F3O32. The molecule has 0 saturated carbocycles. The molecular weight excluding hydrogens is 1910 g/mol. The summed E-state index contributed by atoms with van der Waals surface area (Å²) in [4.78, 5) is 143. The van der Waals surface area contributed by atoms with Crippen LogP contribution >= 0.6 is 34.8 Å². The third kappa shape index (κ3) is 33.2. The quantitative estimate of drug-likeness (QED) is 0.0108. The molecule has 0 aromatic heterocycles. The van der Waals surface area contributed by atoms with Gasteiger partial charge < -0.3 is 96.3 Å². The largest absolute Gasteiger partial charge is 0.535 e. The summed E-state index contributed by atoms with van der Waals surface area (Å²) in [5.41, 5.74) is 3.18. The number of aromatic hydroxyl groups is 1. The number of phenols is 1. The van der Waals surface area contributed by atoms with Gasteiger partial charge >= 0.3 is 78.5 Å². The monoisotopic (exact) mass is 2030 g/mol. The summed E-state index contributed by atoms with van der Waals surface area (Å²) in [5.74, 6) is -7.80. The number of hydrogen-bond donors (Lipinski definition) is 7.